The molecule has 1 aliphatic heterocycles. The molecule has 0 amide bonds. The topological polar surface area (TPSA) is 63.4 Å². The van der Waals surface area contributed by atoms with Crippen LogP contribution in [0.15, 0.2) is 27.6 Å². The SMILES string of the molecule is CC1CS(=O)(=O)c2cc(Br)ccc2N1CCN. The maximum Gasteiger partial charge on any atom is 0.182 e. The predicted molar refractivity (Wildman–Crippen MR) is 72.1 cm³/mol. The molecule has 1 heterocycles. The zero-order chi connectivity index (χ0) is 12.6. The average Bonchev–Trinajstić information content (AvgIpc) is 2.24. The van der Waals surface area contributed by atoms with Gasteiger partial charge in [0.05, 0.1) is 16.3 Å². The van der Waals surface area contributed by atoms with Crippen LogP contribution in [0.4, 0.5) is 5.69 Å². The Kier molecular flexibility index (Phi) is 3.47. The van der Waals surface area contributed by atoms with Gasteiger partial charge in [-0.15, -0.1) is 0 Å². The number of halogens is 1. The molecule has 2 N–H and O–H groups in total. The minimum Gasteiger partial charge on any atom is -0.365 e. The first kappa shape index (κ1) is 12.9. The molecule has 1 atom stereocenters. The van der Waals surface area contributed by atoms with E-state index in [2.05, 4.69) is 20.8 Å². The molecule has 1 aromatic rings. The summed E-state index contributed by atoms with van der Waals surface area (Å²) in [6.07, 6.45) is 0. The summed E-state index contributed by atoms with van der Waals surface area (Å²) < 4.78 is 25.0. The summed E-state index contributed by atoms with van der Waals surface area (Å²) >= 11 is 3.31. The number of fused-ring (bicyclic) bond motifs is 1. The molecule has 0 bridgehead atoms. The fourth-order valence-corrected chi connectivity index (χ4v) is 4.51. The lowest BCUT2D eigenvalue weighted by Crippen LogP contribution is -2.45. The van der Waals surface area contributed by atoms with Crippen LogP contribution in [0.3, 0.4) is 0 Å². The lowest BCUT2D eigenvalue weighted by Gasteiger charge is -2.36. The summed E-state index contributed by atoms with van der Waals surface area (Å²) in [7, 11) is -3.18. The van der Waals surface area contributed by atoms with Crippen LogP contribution < -0.4 is 10.6 Å². The van der Waals surface area contributed by atoms with Crippen molar-refractivity contribution in [2.24, 2.45) is 5.73 Å². The maximum atomic E-state index is 12.1. The van der Waals surface area contributed by atoms with Crippen LogP contribution >= 0.6 is 15.9 Å². The molecule has 0 fully saturated rings. The molecule has 0 saturated carbocycles. The maximum absolute atomic E-state index is 12.1. The Balaban J connectivity index is 2.59. The van der Waals surface area contributed by atoms with Crippen molar-refractivity contribution in [2.45, 2.75) is 17.9 Å². The van der Waals surface area contributed by atoms with E-state index >= 15 is 0 Å². The quantitative estimate of drug-likeness (QED) is 0.895. The van der Waals surface area contributed by atoms with Gasteiger partial charge in [-0.25, -0.2) is 8.42 Å². The number of hydrogen-bond acceptors (Lipinski definition) is 4. The van der Waals surface area contributed by atoms with Crippen molar-refractivity contribution in [2.75, 3.05) is 23.7 Å². The van der Waals surface area contributed by atoms with Gasteiger partial charge in [0, 0.05) is 23.6 Å². The molecule has 2 rings (SSSR count). The zero-order valence-corrected chi connectivity index (χ0v) is 12.0. The van der Waals surface area contributed by atoms with Crippen LogP contribution in [-0.4, -0.2) is 33.3 Å². The Hall–Kier alpha value is -0.590. The van der Waals surface area contributed by atoms with Crippen LogP contribution in [-0.2, 0) is 9.84 Å². The van der Waals surface area contributed by atoms with Crippen molar-refractivity contribution < 1.29 is 8.42 Å². The highest BCUT2D eigenvalue weighted by atomic mass is 79.9. The zero-order valence-electron chi connectivity index (χ0n) is 9.56. The molecule has 0 aromatic heterocycles. The number of sulfone groups is 1. The average molecular weight is 319 g/mol. The van der Waals surface area contributed by atoms with Crippen molar-refractivity contribution in [3.05, 3.63) is 22.7 Å². The standard InChI is InChI=1S/C11H15BrN2O2S/c1-8-7-17(15,16)11-6-9(12)2-3-10(11)14(8)5-4-13/h2-3,6,8H,4-5,7,13H2,1H3. The monoisotopic (exact) mass is 318 g/mol. The molecule has 0 radical (unpaired) electrons. The van der Waals surface area contributed by atoms with Gasteiger partial charge in [-0.1, -0.05) is 15.9 Å². The Bertz CT molecular complexity index is 530. The van der Waals surface area contributed by atoms with Crippen molar-refractivity contribution >= 4 is 31.5 Å². The van der Waals surface area contributed by atoms with Gasteiger partial charge in [-0.3, -0.25) is 0 Å². The molecule has 94 valence electrons. The molecule has 0 aliphatic carbocycles. The predicted octanol–water partition coefficient (Wildman–Crippen LogP) is 1.39. The third-order valence-corrected chi connectivity index (χ3v) is 5.34. The van der Waals surface area contributed by atoms with E-state index < -0.39 is 9.84 Å². The minimum absolute atomic E-state index is 0.0303. The van der Waals surface area contributed by atoms with Gasteiger partial charge in [0.15, 0.2) is 9.84 Å². The van der Waals surface area contributed by atoms with Gasteiger partial charge < -0.3 is 10.6 Å². The Morgan fingerprint density at radius 2 is 2.24 bits per heavy atom. The molecule has 1 aliphatic rings. The first-order chi connectivity index (χ1) is 7.95. The molecule has 0 saturated heterocycles. The van der Waals surface area contributed by atoms with E-state index in [1.807, 2.05) is 19.1 Å². The van der Waals surface area contributed by atoms with Gasteiger partial charge >= 0.3 is 0 Å². The number of hydrogen-bond donors (Lipinski definition) is 1. The lowest BCUT2D eigenvalue weighted by molar-refractivity contribution is 0.572. The van der Waals surface area contributed by atoms with Crippen LogP contribution in [0.5, 0.6) is 0 Å². The molecule has 1 aromatic carbocycles. The number of nitrogens with two attached hydrogens (primary N) is 1. The molecule has 1 unspecified atom stereocenters. The second-order valence-corrected chi connectivity index (χ2v) is 7.14. The number of anilines is 1. The van der Waals surface area contributed by atoms with Gasteiger partial charge in [0.1, 0.15) is 0 Å². The largest absolute Gasteiger partial charge is 0.365 e. The van der Waals surface area contributed by atoms with E-state index in [1.54, 1.807) is 6.07 Å². The molecule has 17 heavy (non-hydrogen) atoms. The fraction of sp³-hybridized carbons (Fsp3) is 0.455. The number of benzene rings is 1. The van der Waals surface area contributed by atoms with E-state index in [0.29, 0.717) is 18.0 Å². The van der Waals surface area contributed by atoms with E-state index in [-0.39, 0.29) is 11.8 Å². The molecule has 6 heteroatoms. The highest BCUT2D eigenvalue weighted by molar-refractivity contribution is 9.10. The van der Waals surface area contributed by atoms with E-state index in [4.69, 9.17) is 5.73 Å². The number of rotatable bonds is 2. The second-order valence-electron chi connectivity index (χ2n) is 4.22. The third kappa shape index (κ3) is 2.34. The highest BCUT2D eigenvalue weighted by Crippen LogP contribution is 2.34. The summed E-state index contributed by atoms with van der Waals surface area (Å²) in [6.45, 7) is 3.10. The number of nitrogens with zero attached hydrogens (tertiary/aromatic N) is 1. The molecule has 0 spiro atoms. The fourth-order valence-electron chi connectivity index (χ4n) is 2.19. The molecule has 4 nitrogen and oxygen atoms in total. The summed E-state index contributed by atoms with van der Waals surface area (Å²) in [4.78, 5) is 2.46. The normalized spacial score (nSPS) is 22.3. The van der Waals surface area contributed by atoms with Crippen molar-refractivity contribution in [3.8, 4) is 0 Å². The van der Waals surface area contributed by atoms with Crippen LogP contribution in [0.25, 0.3) is 0 Å². The van der Waals surface area contributed by atoms with Crippen LogP contribution in [0.2, 0.25) is 0 Å². The van der Waals surface area contributed by atoms with E-state index in [9.17, 15) is 8.42 Å². The summed E-state index contributed by atoms with van der Waals surface area (Å²) in [5.74, 6) is 0.149. The van der Waals surface area contributed by atoms with E-state index in [1.165, 1.54) is 0 Å². The van der Waals surface area contributed by atoms with Gasteiger partial charge in [0.2, 0.25) is 0 Å². The summed E-state index contributed by atoms with van der Waals surface area (Å²) in [6, 6.07) is 5.33. The van der Waals surface area contributed by atoms with Crippen molar-refractivity contribution in [1.82, 2.24) is 0 Å². The van der Waals surface area contributed by atoms with Crippen molar-refractivity contribution in [1.29, 1.82) is 0 Å². The van der Waals surface area contributed by atoms with Gasteiger partial charge in [0.25, 0.3) is 0 Å². The molecular weight excluding hydrogens is 304 g/mol. The Morgan fingerprint density at radius 3 is 2.88 bits per heavy atom. The molecular formula is C11H15BrN2O2S. The van der Waals surface area contributed by atoms with E-state index in [0.717, 1.165) is 10.2 Å². The highest BCUT2D eigenvalue weighted by Gasteiger charge is 2.32. The Labute approximate surface area is 110 Å². The van der Waals surface area contributed by atoms with Crippen molar-refractivity contribution in [3.63, 3.8) is 0 Å². The van der Waals surface area contributed by atoms with Crippen LogP contribution in [0, 0.1) is 0 Å². The first-order valence-corrected chi connectivity index (χ1v) is 7.89. The smallest absolute Gasteiger partial charge is 0.182 e. The summed E-state index contributed by atoms with van der Waals surface area (Å²) in [5, 5.41) is 0. The summed E-state index contributed by atoms with van der Waals surface area (Å²) in [5.41, 5.74) is 6.34. The van der Waals surface area contributed by atoms with Crippen LogP contribution in [0.1, 0.15) is 6.92 Å². The lowest BCUT2D eigenvalue weighted by atomic mass is 10.2. The third-order valence-electron chi connectivity index (χ3n) is 2.93. The second kappa shape index (κ2) is 4.59. The van der Waals surface area contributed by atoms with Gasteiger partial charge in [-0.05, 0) is 25.1 Å². The van der Waals surface area contributed by atoms with Gasteiger partial charge in [-0.2, -0.15) is 0 Å². The Morgan fingerprint density at radius 1 is 1.53 bits per heavy atom. The first-order valence-electron chi connectivity index (χ1n) is 5.45. The minimum atomic E-state index is -3.18.